The van der Waals surface area contributed by atoms with E-state index >= 15 is 0 Å². The van der Waals surface area contributed by atoms with Crippen LogP contribution in [0.5, 0.6) is 11.5 Å². The maximum Gasteiger partial charge on any atom is 0.387 e. The van der Waals surface area contributed by atoms with Crippen molar-refractivity contribution < 1.29 is 22.7 Å². The van der Waals surface area contributed by atoms with Gasteiger partial charge in [0.25, 0.3) is 0 Å². The number of methoxy groups -OCH3 is 1. The van der Waals surface area contributed by atoms with Crippen LogP contribution in [0.25, 0.3) is 0 Å². The highest BCUT2D eigenvalue weighted by molar-refractivity contribution is 5.79. The van der Waals surface area contributed by atoms with E-state index in [9.17, 15) is 8.78 Å². The summed E-state index contributed by atoms with van der Waals surface area (Å²) in [6.45, 7) is 2.57. The average molecular weight is 437 g/mol. The molecule has 2 heterocycles. The van der Waals surface area contributed by atoms with Crippen molar-refractivity contribution in [3.8, 4) is 11.5 Å². The van der Waals surface area contributed by atoms with Gasteiger partial charge in [0.05, 0.1) is 26.0 Å². The standard InChI is InChI=1S/C22H30F2N4O3/c1-3-25-22(26-14-16-8-9-17(29-2)13-20(16)31-21(23)24)27-15-18(19-7-6-12-30-19)28-10-4-5-11-28/h6-9,12-13,18,21H,3-5,10-11,14-15H2,1-2H3,(H2,25,26,27). The zero-order chi connectivity index (χ0) is 22.1. The second-order valence-electron chi connectivity index (χ2n) is 7.20. The fraction of sp³-hybridized carbons (Fsp3) is 0.500. The van der Waals surface area contributed by atoms with Crippen molar-refractivity contribution in [1.82, 2.24) is 15.5 Å². The molecular formula is C22H30F2N4O3. The van der Waals surface area contributed by atoms with E-state index in [1.165, 1.54) is 26.0 Å². The Labute approximate surface area is 181 Å². The van der Waals surface area contributed by atoms with Crippen LogP contribution >= 0.6 is 0 Å². The molecule has 1 aliphatic heterocycles. The molecule has 1 unspecified atom stereocenters. The summed E-state index contributed by atoms with van der Waals surface area (Å²) in [7, 11) is 1.47. The Morgan fingerprint density at radius 1 is 1.23 bits per heavy atom. The number of ether oxygens (including phenoxy) is 2. The van der Waals surface area contributed by atoms with Crippen LogP contribution in [0.2, 0.25) is 0 Å². The van der Waals surface area contributed by atoms with Crippen molar-refractivity contribution in [3.63, 3.8) is 0 Å². The number of hydrogen-bond acceptors (Lipinski definition) is 5. The van der Waals surface area contributed by atoms with Crippen LogP contribution < -0.4 is 20.1 Å². The summed E-state index contributed by atoms with van der Waals surface area (Å²) in [4.78, 5) is 6.96. The van der Waals surface area contributed by atoms with E-state index in [1.54, 1.807) is 18.4 Å². The molecule has 1 saturated heterocycles. The molecule has 9 heteroatoms. The van der Waals surface area contributed by atoms with Gasteiger partial charge in [-0.1, -0.05) is 0 Å². The van der Waals surface area contributed by atoms with E-state index in [1.807, 2.05) is 19.1 Å². The van der Waals surface area contributed by atoms with Gasteiger partial charge in [-0.05, 0) is 57.1 Å². The fourth-order valence-corrected chi connectivity index (χ4v) is 3.64. The smallest absolute Gasteiger partial charge is 0.387 e. The average Bonchev–Trinajstić information content (AvgIpc) is 3.47. The van der Waals surface area contributed by atoms with E-state index in [2.05, 4.69) is 25.3 Å². The Balaban J connectivity index is 1.71. The topological polar surface area (TPSA) is 71.3 Å². The van der Waals surface area contributed by atoms with Crippen molar-refractivity contribution >= 4 is 5.96 Å². The van der Waals surface area contributed by atoms with E-state index < -0.39 is 6.61 Å². The SMILES string of the molecule is CCNC(=NCc1ccc(OC)cc1OC(F)F)NCC(c1ccco1)N1CCCC1. The Bertz CT molecular complexity index is 824. The molecule has 0 saturated carbocycles. The second-order valence-corrected chi connectivity index (χ2v) is 7.20. The van der Waals surface area contributed by atoms with Crippen LogP contribution in [0.1, 0.15) is 37.1 Å². The molecule has 1 fully saturated rings. The third kappa shape index (κ3) is 6.58. The number of furan rings is 1. The molecule has 1 aliphatic rings. The number of likely N-dealkylation sites (tertiary alicyclic amines) is 1. The third-order valence-electron chi connectivity index (χ3n) is 5.16. The first-order chi connectivity index (χ1) is 15.1. The van der Waals surface area contributed by atoms with Crippen molar-refractivity contribution in [2.24, 2.45) is 4.99 Å². The summed E-state index contributed by atoms with van der Waals surface area (Å²) >= 11 is 0. The van der Waals surface area contributed by atoms with Crippen LogP contribution in [0.4, 0.5) is 8.78 Å². The van der Waals surface area contributed by atoms with Crippen LogP contribution in [-0.4, -0.2) is 50.8 Å². The predicted octanol–water partition coefficient (Wildman–Crippen LogP) is 3.78. The van der Waals surface area contributed by atoms with Gasteiger partial charge in [-0.25, -0.2) is 4.99 Å². The summed E-state index contributed by atoms with van der Waals surface area (Å²) in [6, 6.07) is 8.80. The molecule has 0 spiro atoms. The molecule has 0 amide bonds. The van der Waals surface area contributed by atoms with Crippen LogP contribution in [0.15, 0.2) is 46.0 Å². The van der Waals surface area contributed by atoms with E-state index in [0.717, 1.165) is 18.8 Å². The van der Waals surface area contributed by atoms with Crippen LogP contribution in [0.3, 0.4) is 0 Å². The highest BCUT2D eigenvalue weighted by Crippen LogP contribution is 2.27. The third-order valence-corrected chi connectivity index (χ3v) is 5.16. The Morgan fingerprint density at radius 3 is 2.68 bits per heavy atom. The molecule has 2 N–H and O–H groups in total. The van der Waals surface area contributed by atoms with Gasteiger partial charge in [0, 0.05) is 24.7 Å². The molecule has 1 atom stereocenters. The van der Waals surface area contributed by atoms with Gasteiger partial charge in [0.2, 0.25) is 0 Å². The largest absolute Gasteiger partial charge is 0.497 e. The summed E-state index contributed by atoms with van der Waals surface area (Å²) in [5.74, 6) is 2.00. The Kier molecular flexibility index (Phi) is 8.52. The van der Waals surface area contributed by atoms with Crippen LogP contribution in [-0.2, 0) is 6.54 Å². The van der Waals surface area contributed by atoms with E-state index in [4.69, 9.17) is 9.15 Å². The zero-order valence-electron chi connectivity index (χ0n) is 17.9. The lowest BCUT2D eigenvalue weighted by Gasteiger charge is -2.26. The Morgan fingerprint density at radius 2 is 2.03 bits per heavy atom. The number of hydrogen-bond donors (Lipinski definition) is 2. The molecule has 0 bridgehead atoms. The minimum absolute atomic E-state index is 0.0551. The monoisotopic (exact) mass is 436 g/mol. The first-order valence-electron chi connectivity index (χ1n) is 10.5. The highest BCUT2D eigenvalue weighted by Gasteiger charge is 2.25. The number of nitrogens with zero attached hydrogens (tertiary/aromatic N) is 2. The first kappa shape index (κ1) is 22.9. The van der Waals surface area contributed by atoms with Crippen LogP contribution in [0, 0.1) is 0 Å². The van der Waals surface area contributed by atoms with Gasteiger partial charge < -0.3 is 24.5 Å². The molecule has 2 aromatic rings. The minimum Gasteiger partial charge on any atom is -0.497 e. The molecule has 31 heavy (non-hydrogen) atoms. The number of halogens is 2. The maximum atomic E-state index is 12.8. The summed E-state index contributed by atoms with van der Waals surface area (Å²) in [5, 5.41) is 6.57. The number of benzene rings is 1. The van der Waals surface area contributed by atoms with Crippen molar-refractivity contribution in [3.05, 3.63) is 47.9 Å². The number of alkyl halides is 2. The van der Waals surface area contributed by atoms with Crippen molar-refractivity contribution in [2.45, 2.75) is 39.0 Å². The lowest BCUT2D eigenvalue weighted by atomic mass is 10.2. The van der Waals surface area contributed by atoms with Gasteiger partial charge >= 0.3 is 6.61 Å². The van der Waals surface area contributed by atoms with E-state index in [0.29, 0.717) is 30.4 Å². The van der Waals surface area contributed by atoms with Gasteiger partial charge in [-0.2, -0.15) is 8.78 Å². The number of nitrogens with one attached hydrogen (secondary N) is 2. The fourth-order valence-electron chi connectivity index (χ4n) is 3.64. The zero-order valence-corrected chi connectivity index (χ0v) is 17.9. The minimum atomic E-state index is -2.92. The molecule has 170 valence electrons. The van der Waals surface area contributed by atoms with Gasteiger partial charge in [0.1, 0.15) is 17.3 Å². The van der Waals surface area contributed by atoms with Crippen molar-refractivity contribution in [2.75, 3.05) is 33.3 Å². The lowest BCUT2D eigenvalue weighted by molar-refractivity contribution is -0.0505. The first-order valence-corrected chi connectivity index (χ1v) is 10.5. The number of aliphatic imine (C=N–C) groups is 1. The second kappa shape index (κ2) is 11.5. The van der Waals surface area contributed by atoms with Gasteiger partial charge in [-0.15, -0.1) is 0 Å². The quantitative estimate of drug-likeness (QED) is 0.436. The highest BCUT2D eigenvalue weighted by atomic mass is 19.3. The van der Waals surface area contributed by atoms with Gasteiger partial charge in [0.15, 0.2) is 5.96 Å². The van der Waals surface area contributed by atoms with E-state index in [-0.39, 0.29) is 18.3 Å². The lowest BCUT2D eigenvalue weighted by Crippen LogP contribution is -2.42. The molecule has 7 nitrogen and oxygen atoms in total. The predicted molar refractivity (Wildman–Crippen MR) is 115 cm³/mol. The molecule has 0 aliphatic carbocycles. The molecular weight excluding hydrogens is 406 g/mol. The molecule has 3 rings (SSSR count). The maximum absolute atomic E-state index is 12.8. The van der Waals surface area contributed by atoms with Gasteiger partial charge in [-0.3, -0.25) is 4.90 Å². The summed E-state index contributed by atoms with van der Waals surface area (Å²) in [6.07, 6.45) is 4.04. The summed E-state index contributed by atoms with van der Waals surface area (Å²) < 4.78 is 41.0. The normalized spacial score (nSPS) is 15.8. The van der Waals surface area contributed by atoms with Crippen molar-refractivity contribution in [1.29, 1.82) is 0 Å². The Hall–Kier alpha value is -2.81. The number of rotatable bonds is 10. The molecule has 1 aromatic heterocycles. The number of guanidine groups is 1. The molecule has 1 aromatic carbocycles. The molecule has 0 radical (unpaired) electrons. The summed E-state index contributed by atoms with van der Waals surface area (Å²) in [5.41, 5.74) is 0.542.